The number of nitrogens with zero attached hydrogens (tertiary/aromatic N) is 5. The van der Waals surface area contributed by atoms with Gasteiger partial charge in [-0.25, -0.2) is 14.8 Å². The summed E-state index contributed by atoms with van der Waals surface area (Å²) < 4.78 is 6.33. The van der Waals surface area contributed by atoms with E-state index in [4.69, 9.17) is 15.5 Å². The number of fused-ring (bicyclic) bond motifs is 3. The molecule has 37 heavy (non-hydrogen) atoms. The maximum atomic E-state index is 12.7. The van der Waals surface area contributed by atoms with Crippen LogP contribution in [0.5, 0.6) is 0 Å². The van der Waals surface area contributed by atoms with E-state index in [0.29, 0.717) is 46.7 Å². The van der Waals surface area contributed by atoms with E-state index in [1.54, 1.807) is 36.4 Å². The van der Waals surface area contributed by atoms with Gasteiger partial charge in [-0.3, -0.25) is 14.9 Å². The highest BCUT2D eigenvalue weighted by atomic mass is 16.5. The normalized spacial score (nSPS) is 20.7. The Hall–Kier alpha value is -4.06. The molecule has 2 aliphatic rings. The standard InChI is InChI=1S/C25H29N7O5/c1-3-37-25(36)29-19-7-4-14(10-27-19)18-11-28-32-23(26)21(13(2)34)22(30-24(18)32)15-8-16-5-6-17(9-15)31(16)20(35)12-33/h4,7,10-11,15-17,33H,3,5-6,8-9,12,26H2,1-2H3,(H,27,29,36)/t15-,16-,17+. The molecular formula is C25H29N7O5. The van der Waals surface area contributed by atoms with Gasteiger partial charge in [-0.15, -0.1) is 0 Å². The number of hydrogen-bond donors (Lipinski definition) is 3. The predicted octanol–water partition coefficient (Wildman–Crippen LogP) is 2.37. The molecule has 3 atom stereocenters. The Labute approximate surface area is 212 Å². The van der Waals surface area contributed by atoms with Gasteiger partial charge in [-0.1, -0.05) is 0 Å². The number of hydrogen-bond acceptors (Lipinski definition) is 9. The van der Waals surface area contributed by atoms with Crippen LogP contribution in [0, 0.1) is 0 Å². The summed E-state index contributed by atoms with van der Waals surface area (Å²) in [5.41, 5.74) is 9.31. The summed E-state index contributed by atoms with van der Waals surface area (Å²) in [6.07, 6.45) is 5.62. The van der Waals surface area contributed by atoms with Crippen molar-refractivity contribution in [3.8, 4) is 11.1 Å². The Bertz CT molecular complexity index is 1360. The second-order valence-electron chi connectivity index (χ2n) is 9.40. The van der Waals surface area contributed by atoms with Gasteiger partial charge in [-0.2, -0.15) is 9.61 Å². The fourth-order valence-corrected chi connectivity index (χ4v) is 5.68. The zero-order valence-electron chi connectivity index (χ0n) is 20.7. The van der Waals surface area contributed by atoms with Gasteiger partial charge in [0.25, 0.3) is 0 Å². The van der Waals surface area contributed by atoms with E-state index >= 15 is 0 Å². The number of rotatable bonds is 6. The number of amides is 2. The van der Waals surface area contributed by atoms with E-state index in [1.165, 1.54) is 11.4 Å². The molecule has 5 heterocycles. The number of pyridine rings is 1. The molecule has 2 aliphatic heterocycles. The summed E-state index contributed by atoms with van der Waals surface area (Å²) in [4.78, 5) is 47.7. The number of ketones is 1. The molecule has 0 spiro atoms. The van der Waals surface area contributed by atoms with Crippen LogP contribution >= 0.6 is 0 Å². The van der Waals surface area contributed by atoms with Crippen LogP contribution in [-0.2, 0) is 9.53 Å². The highest BCUT2D eigenvalue weighted by molar-refractivity contribution is 6.00. The van der Waals surface area contributed by atoms with Gasteiger partial charge in [0.2, 0.25) is 5.91 Å². The van der Waals surface area contributed by atoms with Gasteiger partial charge in [-0.05, 0) is 51.7 Å². The van der Waals surface area contributed by atoms with Crippen LogP contribution in [0.2, 0.25) is 0 Å². The average Bonchev–Trinajstić information content (AvgIpc) is 3.42. The maximum Gasteiger partial charge on any atom is 0.412 e. The van der Waals surface area contributed by atoms with Crippen molar-refractivity contribution in [2.45, 2.75) is 57.5 Å². The number of aliphatic hydroxyl groups excluding tert-OH is 1. The number of piperidine rings is 1. The number of carbonyl (C=O) groups excluding carboxylic acids is 3. The number of Topliss-reactive ketones (excluding diaryl/α,β-unsaturated/α-hetero) is 1. The van der Waals surface area contributed by atoms with Gasteiger partial charge in [0.1, 0.15) is 18.2 Å². The highest BCUT2D eigenvalue weighted by Crippen LogP contribution is 2.44. The number of nitrogens with two attached hydrogens (primary N) is 1. The summed E-state index contributed by atoms with van der Waals surface area (Å²) in [7, 11) is 0. The molecule has 4 N–H and O–H groups in total. The molecular weight excluding hydrogens is 478 g/mol. The number of nitrogens with one attached hydrogen (secondary N) is 1. The van der Waals surface area contributed by atoms with Crippen LogP contribution in [-0.4, -0.2) is 72.7 Å². The van der Waals surface area contributed by atoms with E-state index in [9.17, 15) is 19.5 Å². The van der Waals surface area contributed by atoms with Crippen molar-refractivity contribution < 1.29 is 24.2 Å². The van der Waals surface area contributed by atoms with Crippen molar-refractivity contribution in [1.29, 1.82) is 0 Å². The number of aliphatic hydroxyl groups is 1. The van der Waals surface area contributed by atoms with Crippen LogP contribution in [0.4, 0.5) is 16.4 Å². The summed E-state index contributed by atoms with van der Waals surface area (Å²) >= 11 is 0. The number of nitrogen functional groups attached to an aromatic ring is 1. The fourth-order valence-electron chi connectivity index (χ4n) is 5.68. The lowest BCUT2D eigenvalue weighted by atomic mass is 9.85. The zero-order chi connectivity index (χ0) is 26.3. The van der Waals surface area contributed by atoms with E-state index in [0.717, 1.165) is 12.8 Å². The van der Waals surface area contributed by atoms with Crippen LogP contribution in [0.1, 0.15) is 61.5 Å². The third kappa shape index (κ3) is 4.37. The maximum absolute atomic E-state index is 12.7. The summed E-state index contributed by atoms with van der Waals surface area (Å²) in [6, 6.07) is 3.42. The molecule has 0 saturated carbocycles. The quantitative estimate of drug-likeness (QED) is 0.425. The van der Waals surface area contributed by atoms with Crippen molar-refractivity contribution in [3.63, 3.8) is 0 Å². The largest absolute Gasteiger partial charge is 0.450 e. The molecule has 0 unspecified atom stereocenters. The minimum atomic E-state index is -0.588. The molecule has 0 radical (unpaired) electrons. The van der Waals surface area contributed by atoms with E-state index in [-0.39, 0.29) is 42.1 Å². The molecule has 0 aromatic carbocycles. The fraction of sp³-hybridized carbons (Fsp3) is 0.440. The second kappa shape index (κ2) is 9.77. The average molecular weight is 508 g/mol. The molecule has 2 bridgehead atoms. The lowest BCUT2D eigenvalue weighted by Crippen LogP contribution is -2.47. The number of carbonyl (C=O) groups is 3. The molecule has 5 rings (SSSR count). The van der Waals surface area contributed by atoms with Gasteiger partial charge < -0.3 is 20.5 Å². The first-order valence-electron chi connectivity index (χ1n) is 12.3. The minimum Gasteiger partial charge on any atom is -0.450 e. The van der Waals surface area contributed by atoms with E-state index < -0.39 is 12.7 Å². The van der Waals surface area contributed by atoms with Crippen LogP contribution in [0.3, 0.4) is 0 Å². The summed E-state index contributed by atoms with van der Waals surface area (Å²) in [6.45, 7) is 2.93. The first-order valence-corrected chi connectivity index (χ1v) is 12.3. The first-order chi connectivity index (χ1) is 17.8. The van der Waals surface area contributed by atoms with Gasteiger partial charge in [0, 0.05) is 35.3 Å². The van der Waals surface area contributed by atoms with Crippen molar-refractivity contribution in [3.05, 3.63) is 35.8 Å². The number of ether oxygens (including phenoxy) is 1. The summed E-state index contributed by atoms with van der Waals surface area (Å²) in [5, 5.41) is 16.3. The molecule has 0 aliphatic carbocycles. The Morgan fingerprint density at radius 3 is 2.51 bits per heavy atom. The molecule has 2 saturated heterocycles. The Morgan fingerprint density at radius 2 is 1.92 bits per heavy atom. The molecule has 3 aromatic heterocycles. The Morgan fingerprint density at radius 1 is 1.19 bits per heavy atom. The predicted molar refractivity (Wildman–Crippen MR) is 134 cm³/mol. The first kappa shape index (κ1) is 24.6. The van der Waals surface area contributed by atoms with Gasteiger partial charge in [0.05, 0.1) is 24.1 Å². The monoisotopic (exact) mass is 507 g/mol. The van der Waals surface area contributed by atoms with E-state index in [2.05, 4.69) is 15.4 Å². The van der Waals surface area contributed by atoms with Crippen LogP contribution in [0.15, 0.2) is 24.5 Å². The van der Waals surface area contributed by atoms with Gasteiger partial charge >= 0.3 is 6.09 Å². The van der Waals surface area contributed by atoms with Crippen molar-refractivity contribution in [2.24, 2.45) is 0 Å². The van der Waals surface area contributed by atoms with Crippen LogP contribution in [0.25, 0.3) is 16.8 Å². The minimum absolute atomic E-state index is 0.00418. The summed E-state index contributed by atoms with van der Waals surface area (Å²) in [5.74, 6) is 0.0331. The number of aromatic nitrogens is 4. The van der Waals surface area contributed by atoms with Crippen molar-refractivity contribution in [1.82, 2.24) is 24.5 Å². The molecule has 12 heteroatoms. The van der Waals surface area contributed by atoms with Crippen molar-refractivity contribution in [2.75, 3.05) is 24.3 Å². The molecule has 2 amide bonds. The molecule has 12 nitrogen and oxygen atoms in total. The smallest absolute Gasteiger partial charge is 0.412 e. The molecule has 3 aromatic rings. The van der Waals surface area contributed by atoms with Crippen molar-refractivity contribution >= 4 is 35.1 Å². The number of anilines is 2. The van der Waals surface area contributed by atoms with Crippen LogP contribution < -0.4 is 11.1 Å². The Balaban J connectivity index is 1.52. The SMILES string of the molecule is CCOC(=O)Nc1ccc(-c2cnn3c(N)c(C(C)=O)c([C@@H]4C[C@H]5CC[C@@H](C4)N5C(=O)CO)nc23)cn1. The lowest BCUT2D eigenvalue weighted by molar-refractivity contribution is -0.138. The third-order valence-electron chi connectivity index (χ3n) is 7.19. The van der Waals surface area contributed by atoms with Gasteiger partial charge in [0.15, 0.2) is 11.4 Å². The Kier molecular flexibility index (Phi) is 6.50. The second-order valence-corrected chi connectivity index (χ2v) is 9.40. The third-order valence-corrected chi connectivity index (χ3v) is 7.19. The lowest BCUT2D eigenvalue weighted by Gasteiger charge is -2.39. The zero-order valence-corrected chi connectivity index (χ0v) is 20.7. The molecule has 194 valence electrons. The topological polar surface area (TPSA) is 165 Å². The highest BCUT2D eigenvalue weighted by Gasteiger charge is 2.44. The van der Waals surface area contributed by atoms with E-state index in [1.807, 2.05) is 0 Å². The molecule has 2 fully saturated rings.